The molecule has 1 unspecified atom stereocenters. The third-order valence-corrected chi connectivity index (χ3v) is 2.94. The molecule has 19 heavy (non-hydrogen) atoms. The van der Waals surface area contributed by atoms with Crippen LogP contribution in [-0.2, 0) is 11.3 Å². The molecule has 1 aromatic heterocycles. The van der Waals surface area contributed by atoms with Crippen LogP contribution in [0.4, 0.5) is 4.79 Å². The zero-order valence-electron chi connectivity index (χ0n) is 10.8. The quantitative estimate of drug-likeness (QED) is 0.813. The lowest BCUT2D eigenvalue weighted by molar-refractivity contribution is -0.141. The van der Waals surface area contributed by atoms with Crippen molar-refractivity contribution in [3.8, 4) is 0 Å². The fraction of sp³-hybridized carbons (Fsp3) is 0.545. The van der Waals surface area contributed by atoms with E-state index in [0.717, 1.165) is 4.47 Å². The molecule has 0 aromatic carbocycles. The summed E-state index contributed by atoms with van der Waals surface area (Å²) in [7, 11) is 1.57. The predicted molar refractivity (Wildman–Crippen MR) is 72.8 cm³/mol. The second-order valence-corrected chi connectivity index (χ2v) is 5.19. The first-order valence-electron chi connectivity index (χ1n) is 5.80. The number of carboxylic acids is 1. The molecule has 7 nitrogen and oxygen atoms in total. The van der Waals surface area contributed by atoms with Crippen LogP contribution in [0.25, 0.3) is 0 Å². The second kappa shape index (κ2) is 7.13. The standard InChI is InChI=1S/C11H17BrN4O3/c1-8(10(17)18)6-15(2)11(19)13-3-4-16-7-9(12)5-14-16/h5,7-8H,3-4,6H2,1-2H3,(H,13,19)(H,17,18). The van der Waals surface area contributed by atoms with Gasteiger partial charge in [0.25, 0.3) is 0 Å². The van der Waals surface area contributed by atoms with Crippen molar-refractivity contribution in [2.75, 3.05) is 20.1 Å². The molecule has 1 atom stereocenters. The topological polar surface area (TPSA) is 87.5 Å². The zero-order valence-corrected chi connectivity index (χ0v) is 12.4. The Morgan fingerprint density at radius 2 is 2.32 bits per heavy atom. The van der Waals surface area contributed by atoms with E-state index in [-0.39, 0.29) is 12.6 Å². The largest absolute Gasteiger partial charge is 0.481 e. The van der Waals surface area contributed by atoms with Crippen LogP contribution in [0, 0.1) is 5.92 Å². The number of hydrogen-bond acceptors (Lipinski definition) is 3. The summed E-state index contributed by atoms with van der Waals surface area (Å²) in [6.45, 7) is 2.72. The van der Waals surface area contributed by atoms with Crippen molar-refractivity contribution in [3.05, 3.63) is 16.9 Å². The van der Waals surface area contributed by atoms with Gasteiger partial charge in [-0.05, 0) is 15.9 Å². The zero-order chi connectivity index (χ0) is 14.4. The minimum absolute atomic E-state index is 0.175. The number of hydrogen-bond donors (Lipinski definition) is 2. The van der Waals surface area contributed by atoms with E-state index in [0.29, 0.717) is 13.1 Å². The molecule has 0 fully saturated rings. The van der Waals surface area contributed by atoms with Gasteiger partial charge in [-0.2, -0.15) is 5.10 Å². The molecule has 2 N–H and O–H groups in total. The number of halogens is 1. The van der Waals surface area contributed by atoms with Crippen LogP contribution >= 0.6 is 15.9 Å². The maximum Gasteiger partial charge on any atom is 0.317 e. The van der Waals surface area contributed by atoms with Crippen LogP contribution in [0.3, 0.4) is 0 Å². The van der Waals surface area contributed by atoms with Crippen molar-refractivity contribution >= 4 is 27.9 Å². The summed E-state index contributed by atoms with van der Waals surface area (Å²) in [5, 5.41) is 15.5. The van der Waals surface area contributed by atoms with Crippen molar-refractivity contribution in [1.82, 2.24) is 20.0 Å². The monoisotopic (exact) mass is 332 g/mol. The summed E-state index contributed by atoms with van der Waals surface area (Å²) in [6.07, 6.45) is 3.48. The predicted octanol–water partition coefficient (Wildman–Crippen LogP) is 1.01. The Bertz CT molecular complexity index is 449. The number of carbonyl (C=O) groups excluding carboxylic acids is 1. The van der Waals surface area contributed by atoms with E-state index < -0.39 is 11.9 Å². The van der Waals surface area contributed by atoms with Crippen molar-refractivity contribution in [1.29, 1.82) is 0 Å². The van der Waals surface area contributed by atoms with Gasteiger partial charge >= 0.3 is 12.0 Å². The van der Waals surface area contributed by atoms with Crippen LogP contribution in [0.2, 0.25) is 0 Å². The van der Waals surface area contributed by atoms with Crippen LogP contribution in [0.15, 0.2) is 16.9 Å². The highest BCUT2D eigenvalue weighted by Gasteiger charge is 2.16. The number of carboxylic acid groups (broad SMARTS) is 1. The van der Waals surface area contributed by atoms with Crippen molar-refractivity contribution in [2.24, 2.45) is 5.92 Å². The number of rotatable bonds is 6. The van der Waals surface area contributed by atoms with Gasteiger partial charge in [0.05, 0.1) is 23.1 Å². The van der Waals surface area contributed by atoms with Gasteiger partial charge in [-0.15, -0.1) is 0 Å². The lowest BCUT2D eigenvalue weighted by atomic mass is 10.2. The van der Waals surface area contributed by atoms with E-state index in [1.54, 1.807) is 24.9 Å². The molecule has 1 rings (SSSR count). The molecular weight excluding hydrogens is 316 g/mol. The molecule has 1 aromatic rings. The highest BCUT2D eigenvalue weighted by molar-refractivity contribution is 9.10. The van der Waals surface area contributed by atoms with E-state index in [4.69, 9.17) is 5.11 Å². The number of aliphatic carboxylic acids is 1. The minimum Gasteiger partial charge on any atom is -0.481 e. The van der Waals surface area contributed by atoms with Crippen LogP contribution in [-0.4, -0.2) is 51.9 Å². The van der Waals surface area contributed by atoms with Crippen molar-refractivity contribution in [2.45, 2.75) is 13.5 Å². The van der Waals surface area contributed by atoms with E-state index in [1.165, 1.54) is 4.90 Å². The molecule has 0 saturated heterocycles. The molecule has 0 aliphatic rings. The first-order chi connectivity index (χ1) is 8.90. The Balaban J connectivity index is 2.28. The molecule has 0 aliphatic carbocycles. The fourth-order valence-corrected chi connectivity index (χ4v) is 1.77. The first-order valence-corrected chi connectivity index (χ1v) is 6.59. The van der Waals surface area contributed by atoms with Gasteiger partial charge in [0.15, 0.2) is 0 Å². The SMILES string of the molecule is CC(CN(C)C(=O)NCCn1cc(Br)cn1)C(=O)O. The van der Waals surface area contributed by atoms with Gasteiger partial charge in [0, 0.05) is 26.3 Å². The number of carbonyl (C=O) groups is 2. The molecule has 8 heteroatoms. The van der Waals surface area contributed by atoms with Gasteiger partial charge < -0.3 is 15.3 Å². The summed E-state index contributed by atoms with van der Waals surface area (Å²) < 4.78 is 2.58. The van der Waals surface area contributed by atoms with E-state index in [2.05, 4.69) is 26.3 Å². The Hall–Kier alpha value is -1.57. The summed E-state index contributed by atoms with van der Waals surface area (Å²) in [5.41, 5.74) is 0. The summed E-state index contributed by atoms with van der Waals surface area (Å²) in [5.74, 6) is -1.50. The first kappa shape index (κ1) is 15.5. The molecule has 0 spiro atoms. The number of nitrogens with zero attached hydrogens (tertiary/aromatic N) is 3. The Labute approximate surface area is 119 Å². The number of urea groups is 1. The summed E-state index contributed by atoms with van der Waals surface area (Å²) in [6, 6.07) is -0.292. The van der Waals surface area contributed by atoms with Gasteiger partial charge in [-0.1, -0.05) is 6.92 Å². The molecule has 1 heterocycles. The van der Waals surface area contributed by atoms with Gasteiger partial charge in [-0.3, -0.25) is 9.48 Å². The van der Waals surface area contributed by atoms with Crippen LogP contribution in [0.1, 0.15) is 6.92 Å². The third kappa shape index (κ3) is 5.29. The highest BCUT2D eigenvalue weighted by Crippen LogP contribution is 2.05. The molecular formula is C11H17BrN4O3. The summed E-state index contributed by atoms with van der Waals surface area (Å²) in [4.78, 5) is 23.7. The molecule has 0 radical (unpaired) electrons. The molecule has 0 bridgehead atoms. The Morgan fingerprint density at radius 3 is 2.84 bits per heavy atom. The Morgan fingerprint density at radius 1 is 1.63 bits per heavy atom. The average Bonchev–Trinajstić information content (AvgIpc) is 2.74. The number of nitrogens with one attached hydrogen (secondary N) is 1. The maximum absolute atomic E-state index is 11.7. The minimum atomic E-state index is -0.916. The Kier molecular flexibility index (Phi) is 5.81. The summed E-state index contributed by atoms with van der Waals surface area (Å²) >= 11 is 3.28. The highest BCUT2D eigenvalue weighted by atomic mass is 79.9. The smallest absolute Gasteiger partial charge is 0.317 e. The molecule has 0 aliphatic heterocycles. The maximum atomic E-state index is 11.7. The lowest BCUT2D eigenvalue weighted by Gasteiger charge is -2.19. The second-order valence-electron chi connectivity index (χ2n) is 4.27. The van der Waals surface area contributed by atoms with Crippen molar-refractivity contribution in [3.63, 3.8) is 0 Å². The number of amides is 2. The van der Waals surface area contributed by atoms with Crippen LogP contribution in [0.5, 0.6) is 0 Å². The van der Waals surface area contributed by atoms with E-state index >= 15 is 0 Å². The molecule has 2 amide bonds. The number of aromatic nitrogens is 2. The van der Waals surface area contributed by atoms with Gasteiger partial charge in [0.2, 0.25) is 0 Å². The lowest BCUT2D eigenvalue weighted by Crippen LogP contribution is -2.41. The fourth-order valence-electron chi connectivity index (χ4n) is 1.44. The molecule has 106 valence electrons. The van der Waals surface area contributed by atoms with Crippen LogP contribution < -0.4 is 5.32 Å². The normalized spacial score (nSPS) is 11.9. The van der Waals surface area contributed by atoms with Gasteiger partial charge in [-0.25, -0.2) is 4.79 Å². The third-order valence-electron chi connectivity index (χ3n) is 2.53. The van der Waals surface area contributed by atoms with Crippen molar-refractivity contribution < 1.29 is 14.7 Å². The van der Waals surface area contributed by atoms with Gasteiger partial charge in [0.1, 0.15) is 0 Å². The average molecular weight is 333 g/mol. The molecule has 0 saturated carbocycles. The van der Waals surface area contributed by atoms with E-state index in [1.807, 2.05) is 6.20 Å². The van der Waals surface area contributed by atoms with E-state index in [9.17, 15) is 9.59 Å².